The maximum absolute atomic E-state index is 13.0. The molecule has 106 valence electrons. The predicted octanol–water partition coefficient (Wildman–Crippen LogP) is 1.76. The fourth-order valence-corrected chi connectivity index (χ4v) is 2.84. The number of piperidine rings is 1. The normalized spacial score (nSPS) is 19.5. The fraction of sp³-hybridized carbons (Fsp3) is 0.600. The molecule has 1 aromatic carbocycles. The summed E-state index contributed by atoms with van der Waals surface area (Å²) in [4.78, 5) is 2.40. The number of hydrogen-bond acceptors (Lipinski definition) is 3. The number of likely N-dealkylation sites (tertiary alicyclic amines) is 1. The highest BCUT2D eigenvalue weighted by atomic mass is 19.1. The molecule has 2 N–H and O–H groups in total. The Kier molecular flexibility index (Phi) is 4.91. The summed E-state index contributed by atoms with van der Waals surface area (Å²) in [5.41, 5.74) is 7.20. The maximum atomic E-state index is 13.0. The van der Waals surface area contributed by atoms with Crippen molar-refractivity contribution in [3.05, 3.63) is 35.6 Å². The van der Waals surface area contributed by atoms with Gasteiger partial charge in [-0.1, -0.05) is 12.1 Å². The average Bonchev–Trinajstić information content (AvgIpc) is 2.46. The van der Waals surface area contributed by atoms with Crippen LogP contribution in [0.25, 0.3) is 0 Å². The number of rotatable bonds is 5. The second-order valence-electron chi connectivity index (χ2n) is 5.33. The number of nitrogens with zero attached hydrogens (tertiary/aromatic N) is 1. The molecule has 19 heavy (non-hydrogen) atoms. The van der Waals surface area contributed by atoms with Gasteiger partial charge in [-0.2, -0.15) is 0 Å². The smallest absolute Gasteiger partial charge is 0.123 e. The topological polar surface area (TPSA) is 38.5 Å². The second-order valence-corrected chi connectivity index (χ2v) is 5.33. The Labute approximate surface area is 114 Å². The standard InChI is InChI=1S/C15H23FN2O/c1-19-11-10-18-8-6-15(12-17,7-9-18)13-2-4-14(16)5-3-13/h2-5H,6-12,17H2,1H3. The van der Waals surface area contributed by atoms with E-state index in [9.17, 15) is 4.39 Å². The summed E-state index contributed by atoms with van der Waals surface area (Å²) in [6.45, 7) is 4.42. The number of halogens is 1. The quantitative estimate of drug-likeness (QED) is 0.882. The number of hydrogen-bond donors (Lipinski definition) is 1. The Hall–Kier alpha value is -0.970. The minimum atomic E-state index is -0.187. The minimum absolute atomic E-state index is 0.0112. The molecule has 0 unspecified atom stereocenters. The minimum Gasteiger partial charge on any atom is -0.383 e. The van der Waals surface area contributed by atoms with Crippen molar-refractivity contribution in [3.63, 3.8) is 0 Å². The fourth-order valence-electron chi connectivity index (χ4n) is 2.84. The molecule has 0 radical (unpaired) electrons. The van der Waals surface area contributed by atoms with Gasteiger partial charge in [-0.25, -0.2) is 4.39 Å². The van der Waals surface area contributed by atoms with E-state index in [1.807, 2.05) is 12.1 Å². The summed E-state index contributed by atoms with van der Waals surface area (Å²) in [6.07, 6.45) is 2.05. The number of ether oxygens (including phenoxy) is 1. The lowest BCUT2D eigenvalue weighted by atomic mass is 9.73. The number of nitrogens with two attached hydrogens (primary N) is 1. The van der Waals surface area contributed by atoms with Crippen molar-refractivity contribution in [1.82, 2.24) is 4.90 Å². The molecule has 0 aliphatic carbocycles. The van der Waals surface area contributed by atoms with Gasteiger partial charge < -0.3 is 15.4 Å². The third kappa shape index (κ3) is 3.32. The Morgan fingerprint density at radius 2 is 1.89 bits per heavy atom. The van der Waals surface area contributed by atoms with Crippen LogP contribution in [0.1, 0.15) is 18.4 Å². The molecule has 0 spiro atoms. The molecule has 1 heterocycles. The van der Waals surface area contributed by atoms with Crippen molar-refractivity contribution >= 4 is 0 Å². The Morgan fingerprint density at radius 3 is 2.42 bits per heavy atom. The van der Waals surface area contributed by atoms with E-state index in [2.05, 4.69) is 4.90 Å². The van der Waals surface area contributed by atoms with Gasteiger partial charge in [0.15, 0.2) is 0 Å². The second kappa shape index (κ2) is 6.46. The molecule has 1 aromatic rings. The summed E-state index contributed by atoms with van der Waals surface area (Å²) in [5.74, 6) is -0.187. The van der Waals surface area contributed by atoms with Crippen LogP contribution in [0.15, 0.2) is 24.3 Å². The summed E-state index contributed by atoms with van der Waals surface area (Å²) in [6, 6.07) is 6.83. The Morgan fingerprint density at radius 1 is 1.26 bits per heavy atom. The van der Waals surface area contributed by atoms with Gasteiger partial charge in [0.1, 0.15) is 5.82 Å². The highest BCUT2D eigenvalue weighted by Crippen LogP contribution is 2.34. The van der Waals surface area contributed by atoms with Crippen molar-refractivity contribution in [2.24, 2.45) is 5.73 Å². The molecule has 1 aliphatic heterocycles. The lowest BCUT2D eigenvalue weighted by Gasteiger charge is -2.41. The molecular formula is C15H23FN2O. The average molecular weight is 266 g/mol. The predicted molar refractivity (Wildman–Crippen MR) is 74.7 cm³/mol. The van der Waals surface area contributed by atoms with Crippen molar-refractivity contribution in [3.8, 4) is 0 Å². The lowest BCUT2D eigenvalue weighted by molar-refractivity contribution is 0.111. The lowest BCUT2D eigenvalue weighted by Crippen LogP contribution is -2.47. The van der Waals surface area contributed by atoms with Crippen LogP contribution in [0.5, 0.6) is 0 Å². The van der Waals surface area contributed by atoms with Crippen LogP contribution in [-0.2, 0) is 10.2 Å². The third-order valence-corrected chi connectivity index (χ3v) is 4.27. The zero-order chi connectivity index (χ0) is 13.7. The monoisotopic (exact) mass is 266 g/mol. The highest BCUT2D eigenvalue weighted by Gasteiger charge is 2.34. The van der Waals surface area contributed by atoms with Gasteiger partial charge in [0.25, 0.3) is 0 Å². The van der Waals surface area contributed by atoms with Gasteiger partial charge >= 0.3 is 0 Å². The Balaban J connectivity index is 2.03. The number of methoxy groups -OCH3 is 1. The van der Waals surface area contributed by atoms with E-state index in [4.69, 9.17) is 10.5 Å². The van der Waals surface area contributed by atoms with Gasteiger partial charge in [0.05, 0.1) is 6.61 Å². The van der Waals surface area contributed by atoms with Crippen LogP contribution in [-0.4, -0.2) is 44.8 Å². The van der Waals surface area contributed by atoms with Gasteiger partial charge in [-0.3, -0.25) is 0 Å². The first-order valence-electron chi connectivity index (χ1n) is 6.87. The van der Waals surface area contributed by atoms with E-state index in [1.54, 1.807) is 7.11 Å². The maximum Gasteiger partial charge on any atom is 0.123 e. The van der Waals surface area contributed by atoms with E-state index < -0.39 is 0 Å². The number of benzene rings is 1. The summed E-state index contributed by atoms with van der Waals surface area (Å²) < 4.78 is 18.1. The van der Waals surface area contributed by atoms with Crippen molar-refractivity contribution in [2.75, 3.05) is 39.9 Å². The molecule has 0 amide bonds. The molecule has 1 aliphatic rings. The zero-order valence-corrected chi connectivity index (χ0v) is 11.6. The van der Waals surface area contributed by atoms with Crippen LogP contribution in [0.4, 0.5) is 4.39 Å². The Bertz CT molecular complexity index is 386. The van der Waals surface area contributed by atoms with E-state index >= 15 is 0 Å². The van der Waals surface area contributed by atoms with Crippen LogP contribution < -0.4 is 5.73 Å². The molecule has 1 fully saturated rings. The van der Waals surface area contributed by atoms with Gasteiger partial charge in [0.2, 0.25) is 0 Å². The molecule has 4 heteroatoms. The summed E-state index contributed by atoms with van der Waals surface area (Å²) >= 11 is 0. The summed E-state index contributed by atoms with van der Waals surface area (Å²) in [7, 11) is 1.73. The van der Waals surface area contributed by atoms with Crippen molar-refractivity contribution in [2.45, 2.75) is 18.3 Å². The molecule has 1 saturated heterocycles. The van der Waals surface area contributed by atoms with Crippen molar-refractivity contribution in [1.29, 1.82) is 0 Å². The third-order valence-electron chi connectivity index (χ3n) is 4.27. The van der Waals surface area contributed by atoms with Gasteiger partial charge in [-0.15, -0.1) is 0 Å². The highest BCUT2D eigenvalue weighted by molar-refractivity contribution is 5.27. The van der Waals surface area contributed by atoms with E-state index in [1.165, 1.54) is 17.7 Å². The van der Waals surface area contributed by atoms with Gasteiger partial charge in [0, 0.05) is 25.6 Å². The van der Waals surface area contributed by atoms with E-state index in [0.29, 0.717) is 6.54 Å². The van der Waals surface area contributed by atoms with Crippen LogP contribution >= 0.6 is 0 Å². The first kappa shape index (κ1) is 14.4. The van der Waals surface area contributed by atoms with Crippen LogP contribution in [0.2, 0.25) is 0 Å². The molecule has 0 bridgehead atoms. The molecule has 3 nitrogen and oxygen atoms in total. The first-order valence-corrected chi connectivity index (χ1v) is 6.87. The SMILES string of the molecule is COCCN1CCC(CN)(c2ccc(F)cc2)CC1. The first-order chi connectivity index (χ1) is 9.20. The van der Waals surface area contributed by atoms with Crippen LogP contribution in [0, 0.1) is 5.82 Å². The summed E-state index contributed by atoms with van der Waals surface area (Å²) in [5, 5.41) is 0. The molecular weight excluding hydrogens is 243 g/mol. The largest absolute Gasteiger partial charge is 0.383 e. The molecule has 2 rings (SSSR count). The van der Waals surface area contributed by atoms with Crippen LogP contribution in [0.3, 0.4) is 0 Å². The van der Waals surface area contributed by atoms with E-state index in [-0.39, 0.29) is 11.2 Å². The molecule has 0 atom stereocenters. The zero-order valence-electron chi connectivity index (χ0n) is 11.6. The molecule has 0 aromatic heterocycles. The van der Waals surface area contributed by atoms with E-state index in [0.717, 1.165) is 39.1 Å². The van der Waals surface area contributed by atoms with Crippen molar-refractivity contribution < 1.29 is 9.13 Å². The van der Waals surface area contributed by atoms with Gasteiger partial charge in [-0.05, 0) is 43.6 Å². The molecule has 0 saturated carbocycles.